The van der Waals surface area contributed by atoms with Crippen LogP contribution >= 0.6 is 0 Å². The number of unbranched alkanes of at least 4 members (excludes halogenated alkanes) is 4. The highest BCUT2D eigenvalue weighted by atomic mass is 16.4. The topological polar surface area (TPSA) is 40.5 Å². The standard InChI is InChI=1S/C14H29N.C2H4O2/c1-3-5-7-8-11-15-12-10-14(13-15)9-6-4-2;1-2(3)4/h14H,3-13H2,1-2H3;1H3,(H,3,4). The van der Waals surface area contributed by atoms with E-state index in [0.29, 0.717) is 0 Å². The third-order valence-electron chi connectivity index (χ3n) is 3.66. The van der Waals surface area contributed by atoms with Crippen molar-refractivity contribution in [2.75, 3.05) is 19.6 Å². The summed E-state index contributed by atoms with van der Waals surface area (Å²) in [4.78, 5) is 11.7. The largest absolute Gasteiger partial charge is 0.481 e. The second-order valence-corrected chi connectivity index (χ2v) is 5.68. The summed E-state index contributed by atoms with van der Waals surface area (Å²) >= 11 is 0. The molecule has 19 heavy (non-hydrogen) atoms. The van der Waals surface area contributed by atoms with E-state index in [4.69, 9.17) is 9.90 Å². The van der Waals surface area contributed by atoms with Crippen molar-refractivity contribution in [3.05, 3.63) is 0 Å². The third kappa shape index (κ3) is 12.2. The summed E-state index contributed by atoms with van der Waals surface area (Å²) in [5.41, 5.74) is 0. The molecule has 0 spiro atoms. The molecule has 1 aliphatic rings. The van der Waals surface area contributed by atoms with Gasteiger partial charge < -0.3 is 10.0 Å². The maximum absolute atomic E-state index is 9.00. The molecule has 0 bridgehead atoms. The zero-order valence-corrected chi connectivity index (χ0v) is 13.2. The van der Waals surface area contributed by atoms with Gasteiger partial charge in [0.05, 0.1) is 0 Å². The van der Waals surface area contributed by atoms with Gasteiger partial charge in [-0.05, 0) is 38.3 Å². The Hall–Kier alpha value is -0.570. The lowest BCUT2D eigenvalue weighted by Gasteiger charge is -2.15. The van der Waals surface area contributed by atoms with E-state index >= 15 is 0 Å². The molecule has 1 unspecified atom stereocenters. The highest BCUT2D eigenvalue weighted by molar-refractivity contribution is 5.62. The maximum Gasteiger partial charge on any atom is 0.300 e. The minimum Gasteiger partial charge on any atom is -0.481 e. The number of carboxylic acid groups (broad SMARTS) is 1. The Kier molecular flexibility index (Phi) is 12.1. The van der Waals surface area contributed by atoms with Gasteiger partial charge in [0, 0.05) is 13.5 Å². The molecule has 0 aliphatic carbocycles. The van der Waals surface area contributed by atoms with Gasteiger partial charge in [-0.3, -0.25) is 4.79 Å². The number of hydrogen-bond acceptors (Lipinski definition) is 2. The van der Waals surface area contributed by atoms with E-state index in [1.165, 1.54) is 71.0 Å². The van der Waals surface area contributed by atoms with Crippen LogP contribution in [0.4, 0.5) is 0 Å². The molecular weight excluding hydrogens is 238 g/mol. The smallest absolute Gasteiger partial charge is 0.300 e. The molecule has 1 fully saturated rings. The van der Waals surface area contributed by atoms with Gasteiger partial charge in [0.25, 0.3) is 5.97 Å². The Balaban J connectivity index is 0.000000711. The quantitative estimate of drug-likeness (QED) is 0.674. The first kappa shape index (κ1) is 18.4. The normalized spacial score (nSPS) is 19.0. The molecule has 0 aromatic carbocycles. The fourth-order valence-electron chi connectivity index (χ4n) is 2.61. The number of carbonyl (C=O) groups is 1. The van der Waals surface area contributed by atoms with Crippen LogP contribution in [0.2, 0.25) is 0 Å². The molecule has 1 saturated heterocycles. The molecule has 1 atom stereocenters. The van der Waals surface area contributed by atoms with Crippen molar-refractivity contribution >= 4 is 5.97 Å². The van der Waals surface area contributed by atoms with Crippen LogP contribution in [0.1, 0.15) is 72.1 Å². The fraction of sp³-hybridized carbons (Fsp3) is 0.938. The average Bonchev–Trinajstić information content (AvgIpc) is 2.79. The van der Waals surface area contributed by atoms with Crippen molar-refractivity contribution in [1.82, 2.24) is 4.90 Å². The van der Waals surface area contributed by atoms with Gasteiger partial charge in [-0.1, -0.05) is 46.0 Å². The molecule has 114 valence electrons. The first-order valence-corrected chi connectivity index (χ1v) is 8.02. The van der Waals surface area contributed by atoms with E-state index in [9.17, 15) is 0 Å². The predicted octanol–water partition coefficient (Wildman–Crippen LogP) is 4.17. The Morgan fingerprint density at radius 3 is 2.37 bits per heavy atom. The molecule has 0 aromatic rings. The van der Waals surface area contributed by atoms with Gasteiger partial charge in [-0.25, -0.2) is 0 Å². The van der Waals surface area contributed by atoms with Gasteiger partial charge in [0.15, 0.2) is 0 Å². The summed E-state index contributed by atoms with van der Waals surface area (Å²) < 4.78 is 0. The van der Waals surface area contributed by atoms with E-state index in [1.54, 1.807) is 0 Å². The highest BCUT2D eigenvalue weighted by Crippen LogP contribution is 2.21. The van der Waals surface area contributed by atoms with Crippen LogP contribution in [0.15, 0.2) is 0 Å². The molecule has 0 radical (unpaired) electrons. The summed E-state index contributed by atoms with van der Waals surface area (Å²) in [5.74, 6) is 0.191. The van der Waals surface area contributed by atoms with Crippen LogP contribution in [0, 0.1) is 5.92 Å². The monoisotopic (exact) mass is 271 g/mol. The zero-order valence-electron chi connectivity index (χ0n) is 13.2. The fourth-order valence-corrected chi connectivity index (χ4v) is 2.61. The number of carboxylic acids is 1. The van der Waals surface area contributed by atoms with E-state index < -0.39 is 5.97 Å². The zero-order chi connectivity index (χ0) is 14.5. The van der Waals surface area contributed by atoms with Gasteiger partial charge in [-0.2, -0.15) is 0 Å². The van der Waals surface area contributed by atoms with Crippen LogP contribution in [-0.4, -0.2) is 35.6 Å². The van der Waals surface area contributed by atoms with Crippen molar-refractivity contribution in [1.29, 1.82) is 0 Å². The van der Waals surface area contributed by atoms with Gasteiger partial charge in [0.2, 0.25) is 0 Å². The lowest BCUT2D eigenvalue weighted by molar-refractivity contribution is -0.134. The van der Waals surface area contributed by atoms with Crippen LogP contribution in [0.25, 0.3) is 0 Å². The summed E-state index contributed by atoms with van der Waals surface area (Å²) in [6.07, 6.45) is 11.4. The second-order valence-electron chi connectivity index (χ2n) is 5.68. The number of likely N-dealkylation sites (tertiary alicyclic amines) is 1. The average molecular weight is 271 g/mol. The molecule has 1 aliphatic heterocycles. The van der Waals surface area contributed by atoms with Gasteiger partial charge in [0.1, 0.15) is 0 Å². The third-order valence-corrected chi connectivity index (χ3v) is 3.66. The van der Waals surface area contributed by atoms with Crippen molar-refractivity contribution in [2.24, 2.45) is 5.92 Å². The molecule has 3 nitrogen and oxygen atoms in total. The summed E-state index contributed by atoms with van der Waals surface area (Å²) in [5, 5.41) is 7.42. The number of nitrogens with zero attached hydrogens (tertiary/aromatic N) is 1. The highest BCUT2D eigenvalue weighted by Gasteiger charge is 2.20. The Morgan fingerprint density at radius 2 is 1.79 bits per heavy atom. The van der Waals surface area contributed by atoms with Crippen LogP contribution < -0.4 is 0 Å². The van der Waals surface area contributed by atoms with Crippen LogP contribution in [-0.2, 0) is 4.79 Å². The Labute approximate surface area is 119 Å². The first-order chi connectivity index (χ1) is 9.10. The van der Waals surface area contributed by atoms with Crippen molar-refractivity contribution in [3.63, 3.8) is 0 Å². The minimum atomic E-state index is -0.833. The van der Waals surface area contributed by atoms with Crippen LogP contribution in [0.5, 0.6) is 0 Å². The molecule has 0 saturated carbocycles. The van der Waals surface area contributed by atoms with E-state index in [0.717, 1.165) is 12.8 Å². The van der Waals surface area contributed by atoms with Crippen LogP contribution in [0.3, 0.4) is 0 Å². The SMILES string of the molecule is CC(=O)O.CCCCCCN1CCC(CCCC)C1. The predicted molar refractivity (Wildman–Crippen MR) is 81.5 cm³/mol. The molecule has 1 N–H and O–H groups in total. The Morgan fingerprint density at radius 1 is 1.16 bits per heavy atom. The summed E-state index contributed by atoms with van der Waals surface area (Å²) in [6.45, 7) is 9.81. The van der Waals surface area contributed by atoms with Crippen molar-refractivity contribution in [2.45, 2.75) is 72.1 Å². The summed E-state index contributed by atoms with van der Waals surface area (Å²) in [6, 6.07) is 0. The van der Waals surface area contributed by atoms with Crippen molar-refractivity contribution in [3.8, 4) is 0 Å². The Bertz CT molecular complexity index is 215. The maximum atomic E-state index is 9.00. The molecule has 1 heterocycles. The lowest BCUT2D eigenvalue weighted by Crippen LogP contribution is -2.21. The lowest BCUT2D eigenvalue weighted by atomic mass is 10.0. The van der Waals surface area contributed by atoms with Crippen molar-refractivity contribution < 1.29 is 9.90 Å². The van der Waals surface area contributed by atoms with Gasteiger partial charge >= 0.3 is 0 Å². The molecular formula is C16H33NO2. The van der Waals surface area contributed by atoms with E-state index in [1.807, 2.05) is 0 Å². The first-order valence-electron chi connectivity index (χ1n) is 8.02. The molecule has 0 aromatic heterocycles. The number of rotatable bonds is 8. The van der Waals surface area contributed by atoms with E-state index in [2.05, 4.69) is 18.7 Å². The number of aliphatic carboxylic acids is 1. The summed E-state index contributed by atoms with van der Waals surface area (Å²) in [7, 11) is 0. The molecule has 3 heteroatoms. The van der Waals surface area contributed by atoms with E-state index in [-0.39, 0.29) is 0 Å². The number of hydrogen-bond donors (Lipinski definition) is 1. The van der Waals surface area contributed by atoms with Gasteiger partial charge in [-0.15, -0.1) is 0 Å². The molecule has 0 amide bonds. The second kappa shape index (κ2) is 12.5. The minimum absolute atomic E-state index is 0.833. The molecule has 1 rings (SSSR count).